The summed E-state index contributed by atoms with van der Waals surface area (Å²) in [6.45, 7) is 12.4. The number of fused-ring (bicyclic) bond motifs is 3. The Bertz CT molecular complexity index is 1690. The molecule has 5 heterocycles. The number of piperidine rings is 2. The number of ether oxygens (including phenoxy) is 1. The monoisotopic (exact) mass is 680 g/mol. The molecule has 1 amide bonds. The van der Waals surface area contributed by atoms with E-state index in [0.717, 1.165) is 68.3 Å². The smallest absolute Gasteiger partial charge is 0.251 e. The van der Waals surface area contributed by atoms with E-state index in [0.29, 0.717) is 40.7 Å². The van der Waals surface area contributed by atoms with Gasteiger partial charge in [-0.3, -0.25) is 9.36 Å². The number of nitriles is 1. The highest BCUT2D eigenvalue weighted by molar-refractivity contribution is 5.95. The molecular weight excluding hydrogens is 628 g/mol. The van der Waals surface area contributed by atoms with E-state index in [1.165, 1.54) is 45.3 Å². The van der Waals surface area contributed by atoms with Gasteiger partial charge in [-0.05, 0) is 82.2 Å². The summed E-state index contributed by atoms with van der Waals surface area (Å²) in [6, 6.07) is 8.94. The number of anilines is 3. The standard InChI is InChI=1S/C38H52N10O2/c1-5-32-35-31(21-39)41-24-47(35)33-22-40-38(44-36(33)48(32)29-8-6-7-9-29)43-30-11-10-26(20-34(30)50-4)37(49)42-27-12-18-46(19-13-27)28-14-16-45(17-15-28)23-25(2)3/h10-11,20,22,24-25,27-29,32H,5-9,12-19,23H2,1-4H3,(H,42,49)(H,40,43,44)/t32-/m1/s1. The largest absolute Gasteiger partial charge is 0.495 e. The Hall–Kier alpha value is -4.21. The quantitative estimate of drug-likeness (QED) is 0.271. The average molecular weight is 681 g/mol. The molecule has 4 aliphatic rings. The minimum absolute atomic E-state index is 0.00199. The second kappa shape index (κ2) is 15.0. The van der Waals surface area contributed by atoms with Crippen molar-refractivity contribution in [3.05, 3.63) is 47.7 Å². The molecule has 12 nitrogen and oxygen atoms in total. The van der Waals surface area contributed by atoms with E-state index in [9.17, 15) is 10.1 Å². The fraction of sp³-hybridized carbons (Fsp3) is 0.605. The molecule has 266 valence electrons. The predicted molar refractivity (Wildman–Crippen MR) is 194 cm³/mol. The number of likely N-dealkylation sites (tertiary alicyclic amines) is 2. The molecule has 1 aromatic carbocycles. The topological polar surface area (TPSA) is 127 Å². The van der Waals surface area contributed by atoms with E-state index >= 15 is 0 Å². The number of rotatable bonds is 10. The zero-order valence-corrected chi connectivity index (χ0v) is 30.1. The fourth-order valence-corrected chi connectivity index (χ4v) is 8.74. The van der Waals surface area contributed by atoms with Crippen molar-refractivity contribution < 1.29 is 9.53 Å². The first-order valence-electron chi connectivity index (χ1n) is 18.7. The summed E-state index contributed by atoms with van der Waals surface area (Å²) in [5.74, 6) is 2.47. The molecule has 1 saturated carbocycles. The van der Waals surface area contributed by atoms with E-state index in [-0.39, 0.29) is 18.0 Å². The van der Waals surface area contributed by atoms with Crippen LogP contribution in [0.5, 0.6) is 5.75 Å². The first-order chi connectivity index (χ1) is 24.4. The molecule has 50 heavy (non-hydrogen) atoms. The first-order valence-corrected chi connectivity index (χ1v) is 18.7. The van der Waals surface area contributed by atoms with Crippen LogP contribution in [0.1, 0.15) is 106 Å². The van der Waals surface area contributed by atoms with Gasteiger partial charge in [0.25, 0.3) is 5.91 Å². The van der Waals surface area contributed by atoms with Crippen LogP contribution in [0, 0.1) is 17.2 Å². The number of hydrogen-bond donors (Lipinski definition) is 2. The summed E-state index contributed by atoms with van der Waals surface area (Å²) < 4.78 is 7.74. The van der Waals surface area contributed by atoms with Crippen molar-refractivity contribution in [3.63, 3.8) is 0 Å². The molecule has 12 heteroatoms. The van der Waals surface area contributed by atoms with Crippen LogP contribution < -0.4 is 20.3 Å². The van der Waals surface area contributed by atoms with Gasteiger partial charge in [-0.15, -0.1) is 0 Å². The number of hydrogen-bond acceptors (Lipinski definition) is 10. The Balaban J connectivity index is 1.02. The van der Waals surface area contributed by atoms with Crippen LogP contribution in [-0.4, -0.2) is 93.2 Å². The average Bonchev–Trinajstić information content (AvgIpc) is 3.82. The molecule has 1 atom stereocenters. The highest BCUT2D eigenvalue weighted by atomic mass is 16.5. The molecule has 3 fully saturated rings. The summed E-state index contributed by atoms with van der Waals surface area (Å²) in [6.07, 6.45) is 13.3. The number of aromatic nitrogens is 4. The van der Waals surface area contributed by atoms with Gasteiger partial charge in [0.15, 0.2) is 11.5 Å². The van der Waals surface area contributed by atoms with Gasteiger partial charge in [0.1, 0.15) is 23.8 Å². The van der Waals surface area contributed by atoms with E-state index in [4.69, 9.17) is 9.72 Å². The predicted octanol–water partition coefficient (Wildman–Crippen LogP) is 5.81. The van der Waals surface area contributed by atoms with Gasteiger partial charge in [0.2, 0.25) is 5.95 Å². The molecular formula is C38H52N10O2. The molecule has 7 rings (SSSR count). The Morgan fingerprint density at radius 3 is 2.48 bits per heavy atom. The number of carbonyl (C=O) groups is 1. The normalized spacial score (nSPS) is 20.8. The third kappa shape index (κ3) is 6.90. The summed E-state index contributed by atoms with van der Waals surface area (Å²) in [5, 5.41) is 16.5. The second-order valence-corrected chi connectivity index (χ2v) is 14.9. The number of carbonyl (C=O) groups excluding carboxylic acids is 1. The second-order valence-electron chi connectivity index (χ2n) is 14.9. The van der Waals surface area contributed by atoms with Gasteiger partial charge in [0, 0.05) is 43.3 Å². The van der Waals surface area contributed by atoms with Crippen LogP contribution in [0.3, 0.4) is 0 Å². The third-order valence-corrected chi connectivity index (χ3v) is 11.2. The van der Waals surface area contributed by atoms with Gasteiger partial charge >= 0.3 is 0 Å². The minimum Gasteiger partial charge on any atom is -0.495 e. The molecule has 2 N–H and O–H groups in total. The van der Waals surface area contributed by atoms with Crippen LogP contribution in [0.4, 0.5) is 17.5 Å². The maximum absolute atomic E-state index is 13.4. The van der Waals surface area contributed by atoms with E-state index in [1.807, 2.05) is 16.7 Å². The lowest BCUT2D eigenvalue weighted by atomic mass is 9.97. The number of amides is 1. The Morgan fingerprint density at radius 1 is 1.04 bits per heavy atom. The van der Waals surface area contributed by atoms with Gasteiger partial charge < -0.3 is 30.1 Å². The van der Waals surface area contributed by atoms with Crippen molar-refractivity contribution in [2.75, 3.05) is 50.1 Å². The maximum atomic E-state index is 13.4. The minimum atomic E-state index is -0.0778. The molecule has 2 aromatic heterocycles. The molecule has 2 saturated heterocycles. The van der Waals surface area contributed by atoms with Gasteiger partial charge in [-0.25, -0.2) is 9.97 Å². The molecule has 0 unspecified atom stereocenters. The Kier molecular flexibility index (Phi) is 10.2. The van der Waals surface area contributed by atoms with Crippen molar-refractivity contribution in [2.24, 2.45) is 5.92 Å². The van der Waals surface area contributed by atoms with Crippen molar-refractivity contribution in [1.29, 1.82) is 5.26 Å². The molecule has 3 aromatic rings. The highest BCUT2D eigenvalue weighted by Crippen LogP contribution is 2.44. The SMILES string of the molecule is CC[C@@H]1c2c(C#N)ncn2-c2cnc(Nc3ccc(C(=O)NC4CCN(C5CCN(CC(C)C)CC5)CC4)cc3OC)nc2N1C1CCCC1. The van der Waals surface area contributed by atoms with Crippen molar-refractivity contribution in [2.45, 2.75) is 103 Å². The number of nitrogens with zero attached hydrogens (tertiary/aromatic N) is 8. The van der Waals surface area contributed by atoms with E-state index in [2.05, 4.69) is 62.1 Å². The zero-order chi connectivity index (χ0) is 34.8. The lowest BCUT2D eigenvalue weighted by Gasteiger charge is -2.42. The van der Waals surface area contributed by atoms with Crippen LogP contribution >= 0.6 is 0 Å². The summed E-state index contributed by atoms with van der Waals surface area (Å²) in [7, 11) is 1.61. The zero-order valence-electron chi connectivity index (χ0n) is 30.1. The van der Waals surface area contributed by atoms with Crippen LogP contribution in [0.15, 0.2) is 30.7 Å². The Morgan fingerprint density at radius 2 is 1.80 bits per heavy atom. The fourth-order valence-electron chi connectivity index (χ4n) is 8.74. The third-order valence-electron chi connectivity index (χ3n) is 11.2. The van der Waals surface area contributed by atoms with Crippen molar-refractivity contribution in [3.8, 4) is 17.5 Å². The van der Waals surface area contributed by atoms with Crippen molar-refractivity contribution >= 4 is 23.4 Å². The summed E-state index contributed by atoms with van der Waals surface area (Å²) in [4.78, 5) is 35.2. The van der Waals surface area contributed by atoms with Gasteiger partial charge in [0.05, 0.1) is 30.7 Å². The number of methoxy groups -OCH3 is 1. The van der Waals surface area contributed by atoms with Gasteiger partial charge in [-0.2, -0.15) is 10.2 Å². The lowest BCUT2D eigenvalue weighted by Crippen LogP contribution is -2.51. The van der Waals surface area contributed by atoms with Gasteiger partial charge in [-0.1, -0.05) is 33.6 Å². The van der Waals surface area contributed by atoms with Crippen molar-refractivity contribution in [1.82, 2.24) is 34.6 Å². The Labute approximate surface area is 296 Å². The van der Waals surface area contributed by atoms with Crippen LogP contribution in [-0.2, 0) is 0 Å². The van der Waals surface area contributed by atoms with E-state index < -0.39 is 0 Å². The number of imidazole rings is 1. The van der Waals surface area contributed by atoms with E-state index in [1.54, 1.807) is 25.7 Å². The molecule has 0 radical (unpaired) electrons. The number of benzene rings is 1. The van der Waals surface area contributed by atoms with Crippen LogP contribution in [0.25, 0.3) is 5.69 Å². The lowest BCUT2D eigenvalue weighted by molar-refractivity contribution is 0.0739. The molecule has 0 spiro atoms. The molecule has 1 aliphatic carbocycles. The van der Waals surface area contributed by atoms with Crippen LogP contribution in [0.2, 0.25) is 0 Å². The molecule has 0 bridgehead atoms. The molecule has 3 aliphatic heterocycles. The number of nitrogens with one attached hydrogen (secondary N) is 2. The first kappa shape index (κ1) is 34.2. The summed E-state index contributed by atoms with van der Waals surface area (Å²) in [5.41, 5.74) is 3.45. The highest BCUT2D eigenvalue weighted by Gasteiger charge is 2.39. The summed E-state index contributed by atoms with van der Waals surface area (Å²) >= 11 is 0. The maximum Gasteiger partial charge on any atom is 0.251 e.